The molecule has 0 spiro atoms. The molecule has 2 N–H and O–H groups in total. The average molecular weight is 974 g/mol. The van der Waals surface area contributed by atoms with Crippen LogP contribution in [0.3, 0.4) is 0 Å². The Morgan fingerprint density at radius 1 is 0.600 bits per heavy atom. The van der Waals surface area contributed by atoms with Crippen LogP contribution < -0.4 is 39.4 Å². The average Bonchev–Trinajstić information content (AvgIpc) is 4.13. The fraction of sp³-hybridized carbons (Fsp3) is 0.419. The summed E-state index contributed by atoms with van der Waals surface area (Å²) in [5.41, 5.74) is 4.07. The van der Waals surface area contributed by atoms with E-state index in [0.29, 0.717) is 78.1 Å². The SMILES string of the molecule is CCN(CC)c1cc(Nc2nc(Nc3cc(N(CC)CC)c(OC)cc3N=Nc3snc4scc(OC)c34)nc(SC3CCCCC3)n2)c(N=Nc2snc3scc(OC)c23)cc1OC. The van der Waals surface area contributed by atoms with Crippen LogP contribution in [-0.2, 0) is 0 Å². The number of azo groups is 2. The smallest absolute Gasteiger partial charge is 0.233 e. The summed E-state index contributed by atoms with van der Waals surface area (Å²) >= 11 is 7.23. The van der Waals surface area contributed by atoms with E-state index in [2.05, 4.69) is 56.9 Å². The lowest BCUT2D eigenvalue weighted by Gasteiger charge is -2.25. The van der Waals surface area contributed by atoms with Gasteiger partial charge >= 0.3 is 0 Å². The lowest BCUT2D eigenvalue weighted by atomic mass is 10.0. The molecule has 1 aliphatic rings. The van der Waals surface area contributed by atoms with E-state index < -0.39 is 0 Å². The topological polar surface area (TPSA) is 181 Å². The Hall–Kier alpha value is -5.42. The van der Waals surface area contributed by atoms with Gasteiger partial charge in [0.1, 0.15) is 44.0 Å². The molecular weight excluding hydrogens is 923 g/mol. The molecule has 0 saturated heterocycles. The molecule has 17 nitrogen and oxygen atoms in total. The van der Waals surface area contributed by atoms with Gasteiger partial charge in [-0.15, -0.1) is 43.1 Å². The molecule has 5 heterocycles. The highest BCUT2D eigenvalue weighted by atomic mass is 32.2. The van der Waals surface area contributed by atoms with Gasteiger partial charge < -0.3 is 39.4 Å². The summed E-state index contributed by atoms with van der Waals surface area (Å²) < 4.78 is 32.3. The number of nitrogens with zero attached hydrogens (tertiary/aromatic N) is 11. The van der Waals surface area contributed by atoms with Crippen LogP contribution in [0, 0.1) is 0 Å². The Morgan fingerprint density at radius 2 is 1.05 bits per heavy atom. The van der Waals surface area contributed by atoms with Crippen molar-refractivity contribution in [2.45, 2.75) is 70.2 Å². The molecule has 8 rings (SSSR count). The number of ether oxygens (including phenoxy) is 4. The maximum absolute atomic E-state index is 5.95. The molecule has 0 atom stereocenters. The zero-order valence-electron chi connectivity index (χ0n) is 37.5. The first-order chi connectivity index (χ1) is 31.8. The van der Waals surface area contributed by atoms with Gasteiger partial charge in [0, 0.05) is 54.3 Å². The van der Waals surface area contributed by atoms with Gasteiger partial charge in [0.25, 0.3) is 0 Å². The number of methoxy groups -OCH3 is 4. The first-order valence-electron chi connectivity index (χ1n) is 21.4. The molecule has 0 unspecified atom stereocenters. The number of benzene rings is 2. The van der Waals surface area contributed by atoms with Crippen molar-refractivity contribution in [2.75, 3.05) is 75.1 Å². The highest BCUT2D eigenvalue weighted by molar-refractivity contribution is 7.99. The van der Waals surface area contributed by atoms with Gasteiger partial charge in [-0.05, 0) is 75.7 Å². The Kier molecular flexibility index (Phi) is 15.1. The summed E-state index contributed by atoms with van der Waals surface area (Å²) in [5, 5.41) is 33.8. The summed E-state index contributed by atoms with van der Waals surface area (Å²) in [5.74, 6) is 3.38. The highest BCUT2D eigenvalue weighted by Gasteiger charge is 2.23. The van der Waals surface area contributed by atoms with Crippen molar-refractivity contribution in [1.82, 2.24) is 23.7 Å². The van der Waals surface area contributed by atoms with Crippen molar-refractivity contribution in [3.63, 3.8) is 0 Å². The number of nitrogens with one attached hydrogen (secondary N) is 2. The van der Waals surface area contributed by atoms with Crippen molar-refractivity contribution in [3.8, 4) is 23.0 Å². The molecule has 22 heteroatoms. The number of thiophene rings is 2. The molecule has 65 heavy (non-hydrogen) atoms. The molecule has 0 aliphatic heterocycles. The molecule has 7 aromatic rings. The second kappa shape index (κ2) is 21.3. The largest absolute Gasteiger partial charge is 0.495 e. The normalized spacial score (nSPS) is 13.4. The number of thioether (sulfide) groups is 1. The van der Waals surface area contributed by atoms with Gasteiger partial charge in [-0.1, -0.05) is 31.0 Å². The number of fused-ring (bicyclic) bond motifs is 2. The molecule has 0 radical (unpaired) electrons. The minimum absolute atomic E-state index is 0.324. The van der Waals surface area contributed by atoms with Crippen LogP contribution in [0.25, 0.3) is 20.4 Å². The summed E-state index contributed by atoms with van der Waals surface area (Å²) in [6.07, 6.45) is 5.77. The monoisotopic (exact) mass is 973 g/mol. The van der Waals surface area contributed by atoms with Crippen molar-refractivity contribution < 1.29 is 18.9 Å². The zero-order valence-corrected chi connectivity index (χ0v) is 41.6. The minimum atomic E-state index is 0.324. The zero-order chi connectivity index (χ0) is 45.5. The number of anilines is 6. The van der Waals surface area contributed by atoms with Crippen molar-refractivity contribution in [3.05, 3.63) is 35.0 Å². The summed E-state index contributed by atoms with van der Waals surface area (Å²) in [4.78, 5) is 21.2. The third-order valence-electron chi connectivity index (χ3n) is 11.0. The van der Waals surface area contributed by atoms with E-state index in [9.17, 15) is 0 Å². The van der Waals surface area contributed by atoms with Crippen molar-refractivity contribution in [1.29, 1.82) is 0 Å². The Bertz CT molecular complexity index is 2620. The van der Waals surface area contributed by atoms with Crippen LogP contribution in [-0.4, -0.2) is 83.6 Å². The van der Waals surface area contributed by atoms with Crippen LogP contribution >= 0.6 is 57.5 Å². The summed E-state index contributed by atoms with van der Waals surface area (Å²) in [6.45, 7) is 11.5. The molecule has 2 aromatic carbocycles. The third kappa shape index (κ3) is 10.1. The molecule has 1 saturated carbocycles. The van der Waals surface area contributed by atoms with Crippen LogP contribution in [0.2, 0.25) is 0 Å². The number of hydrogen-bond acceptors (Lipinski definition) is 22. The first-order valence-corrected chi connectivity index (χ1v) is 25.6. The summed E-state index contributed by atoms with van der Waals surface area (Å²) in [6, 6.07) is 7.78. The second-order valence-electron chi connectivity index (χ2n) is 14.7. The third-order valence-corrected chi connectivity index (χ3v) is 15.6. The van der Waals surface area contributed by atoms with Crippen molar-refractivity contribution in [2.24, 2.45) is 20.5 Å². The molecule has 1 aliphatic carbocycles. The lowest BCUT2D eigenvalue weighted by Crippen LogP contribution is -2.22. The molecule has 0 bridgehead atoms. The quantitative estimate of drug-likeness (QED) is 0.0688. The van der Waals surface area contributed by atoms with Crippen LogP contribution in [0.5, 0.6) is 23.0 Å². The summed E-state index contributed by atoms with van der Waals surface area (Å²) in [7, 11) is 6.61. The van der Waals surface area contributed by atoms with Crippen LogP contribution in [0.15, 0.2) is 60.6 Å². The maximum Gasteiger partial charge on any atom is 0.233 e. The fourth-order valence-corrected chi connectivity index (χ4v) is 12.2. The van der Waals surface area contributed by atoms with Gasteiger partial charge in [-0.2, -0.15) is 23.7 Å². The van der Waals surface area contributed by atoms with E-state index in [1.807, 2.05) is 35.0 Å². The molecule has 1 fully saturated rings. The second-order valence-corrected chi connectivity index (χ2v) is 19.2. The van der Waals surface area contributed by atoms with E-state index in [0.717, 1.165) is 70.8 Å². The van der Waals surface area contributed by atoms with Gasteiger partial charge in [0.2, 0.25) is 11.9 Å². The minimum Gasteiger partial charge on any atom is -0.495 e. The lowest BCUT2D eigenvalue weighted by molar-refractivity contribution is 0.414. The van der Waals surface area contributed by atoms with Gasteiger partial charge in [-0.25, -0.2) is 0 Å². The standard InChI is InChI=1S/C43H51N13O4S5/c1-9-55(10-2)29-18-25(27(20-31(29)57-5)49-51-37-35-33(59-7)22-61-39(35)53-64-37)44-41-46-42(48-43(47-41)63-24-16-14-13-15-17-24)45-26-19-30(56(11-3)12-4)32(58-6)21-28(26)50-52-38-36-34(60-8)23-62-40(36)54-65-38/h18-24H,9-17H2,1-8H3,(H2,44,45,46,47,48). The first kappa shape index (κ1) is 46.1. The van der Waals surface area contributed by atoms with Crippen LogP contribution in [0.1, 0.15) is 59.8 Å². The van der Waals surface area contributed by atoms with E-state index in [-0.39, 0.29) is 0 Å². The van der Waals surface area contributed by atoms with E-state index >= 15 is 0 Å². The molecule has 342 valence electrons. The number of aromatic nitrogens is 5. The number of rotatable bonds is 20. The van der Waals surface area contributed by atoms with Gasteiger partial charge in [-0.3, -0.25) is 0 Å². The van der Waals surface area contributed by atoms with Crippen LogP contribution in [0.4, 0.5) is 56.0 Å². The van der Waals surface area contributed by atoms with E-state index in [1.54, 1.807) is 40.2 Å². The molecule has 0 amide bonds. The molecular formula is C43H51N13O4S5. The fourth-order valence-electron chi connectivity index (χ4n) is 7.61. The molecule has 5 aromatic heterocycles. The van der Waals surface area contributed by atoms with Gasteiger partial charge in [0.05, 0.1) is 62.0 Å². The predicted octanol–water partition coefficient (Wildman–Crippen LogP) is 13.7. The van der Waals surface area contributed by atoms with E-state index in [4.69, 9.17) is 54.4 Å². The Balaban J connectivity index is 1.23. The Labute approximate surface area is 398 Å². The highest BCUT2D eigenvalue weighted by Crippen LogP contribution is 2.47. The van der Waals surface area contributed by atoms with Crippen molar-refractivity contribution >= 4 is 134 Å². The predicted molar refractivity (Wildman–Crippen MR) is 269 cm³/mol. The maximum atomic E-state index is 5.95. The Morgan fingerprint density at radius 3 is 1.46 bits per heavy atom. The number of hydrogen-bond donors (Lipinski definition) is 2. The van der Waals surface area contributed by atoms with Gasteiger partial charge in [0.15, 0.2) is 15.2 Å². The van der Waals surface area contributed by atoms with E-state index in [1.165, 1.54) is 65.0 Å².